The van der Waals surface area contributed by atoms with Crippen molar-refractivity contribution in [3.63, 3.8) is 0 Å². The van der Waals surface area contributed by atoms with Crippen molar-refractivity contribution in [2.45, 2.75) is 19.3 Å². The van der Waals surface area contributed by atoms with Crippen LogP contribution in [0.15, 0.2) is 0 Å². The second kappa shape index (κ2) is 17.9. The van der Waals surface area contributed by atoms with Crippen LogP contribution in [0.4, 0.5) is 4.79 Å². The molecule has 0 saturated carbocycles. The van der Waals surface area contributed by atoms with Crippen molar-refractivity contribution in [2.75, 3.05) is 0 Å². The van der Waals surface area contributed by atoms with Gasteiger partial charge in [0.15, 0.2) is 0 Å². The predicted molar refractivity (Wildman–Crippen MR) is 45.0 cm³/mol. The van der Waals surface area contributed by atoms with Gasteiger partial charge < -0.3 is 60.9 Å². The maximum Gasteiger partial charge on any atom is 0.249 e. The summed E-state index contributed by atoms with van der Waals surface area (Å²) in [6, 6.07) is 0. The first-order valence-corrected chi connectivity index (χ1v) is 2.30. The molecule has 0 rings (SSSR count). The van der Waals surface area contributed by atoms with Gasteiger partial charge in [-0.3, -0.25) is 0 Å². The van der Waals surface area contributed by atoms with E-state index in [1.54, 1.807) is 0 Å². The van der Waals surface area contributed by atoms with E-state index >= 15 is 0 Å². The molecule has 0 aromatic rings. The average molecular weight is 222 g/mol. The molecule has 0 radical (unpaired) electrons. The van der Waals surface area contributed by atoms with E-state index in [4.69, 9.17) is 15.0 Å². The SMILES string of the molecule is CCC([O-])([O-])[O-].O=C([O-])O.[NH4+].[NH4+].[NH4+].[NH4+]. The van der Waals surface area contributed by atoms with Crippen molar-refractivity contribution in [3.8, 4) is 0 Å². The van der Waals surface area contributed by atoms with Crippen LogP contribution in [0.3, 0.4) is 0 Å². The average Bonchev–Trinajstić information content (AvgIpc) is 1.63. The van der Waals surface area contributed by atoms with Crippen LogP contribution in [-0.2, 0) is 0 Å². The Labute approximate surface area is 81.5 Å². The molecule has 17 N–H and O–H groups in total. The lowest BCUT2D eigenvalue weighted by Gasteiger charge is -2.57. The molecule has 0 heterocycles. The Morgan fingerprint density at radius 1 is 1.14 bits per heavy atom. The summed E-state index contributed by atoms with van der Waals surface area (Å²) in [4.78, 5) is 8.44. The molecule has 0 aliphatic carbocycles. The predicted octanol–water partition coefficient (Wildman–Crippen LogP) is -2.48. The van der Waals surface area contributed by atoms with Gasteiger partial charge in [0.2, 0.25) is 6.16 Å². The van der Waals surface area contributed by atoms with Gasteiger partial charge in [0.1, 0.15) is 0 Å². The molecule has 0 aromatic carbocycles. The summed E-state index contributed by atoms with van der Waals surface area (Å²) >= 11 is 0. The van der Waals surface area contributed by atoms with E-state index in [0.29, 0.717) is 0 Å². The van der Waals surface area contributed by atoms with E-state index in [9.17, 15) is 15.3 Å². The number of quaternary nitrogens is 4. The van der Waals surface area contributed by atoms with Crippen LogP contribution in [0.2, 0.25) is 0 Å². The van der Waals surface area contributed by atoms with Gasteiger partial charge >= 0.3 is 0 Å². The topological polar surface area (TPSA) is 276 Å². The van der Waals surface area contributed by atoms with Gasteiger partial charge in [0.05, 0.1) is 0 Å². The van der Waals surface area contributed by atoms with Crippen molar-refractivity contribution in [2.24, 2.45) is 0 Å². The van der Waals surface area contributed by atoms with Crippen molar-refractivity contribution in [1.29, 1.82) is 0 Å². The zero-order valence-electron chi connectivity index (χ0n) is 9.20. The summed E-state index contributed by atoms with van der Waals surface area (Å²) in [5.74, 6) is -3.21. The van der Waals surface area contributed by atoms with Gasteiger partial charge in [-0.25, -0.2) is 0 Å². The van der Waals surface area contributed by atoms with Crippen LogP contribution in [-0.4, -0.2) is 17.2 Å². The standard InChI is InChI=1S/C3H5O3.CH2O3.4H3N/c1-2-3(4,5)6;2-1(3)4;;;;/h2H2,1H3;(H2,2,3,4);4*1H3/q-3;;;;;/p+3. The van der Waals surface area contributed by atoms with Gasteiger partial charge in [0, 0.05) is 0 Å². The van der Waals surface area contributed by atoms with Crippen molar-refractivity contribution < 1.29 is 30.3 Å². The molecule has 10 heteroatoms. The third-order valence-electron chi connectivity index (χ3n) is 0.433. The Morgan fingerprint density at radius 2 is 1.21 bits per heavy atom. The number of hydrogen-bond acceptors (Lipinski definition) is 5. The molecule has 0 atom stereocenters. The van der Waals surface area contributed by atoms with Crippen LogP contribution >= 0.6 is 0 Å². The monoisotopic (exact) mass is 222 g/mol. The smallest absolute Gasteiger partial charge is 0.249 e. The highest BCUT2D eigenvalue weighted by molar-refractivity contribution is 5.50. The van der Waals surface area contributed by atoms with Gasteiger partial charge in [-0.05, 0) is 0 Å². The Kier molecular flexibility index (Phi) is 48.9. The van der Waals surface area contributed by atoms with Crippen molar-refractivity contribution >= 4 is 6.16 Å². The van der Waals surface area contributed by atoms with Gasteiger partial charge in [-0.1, -0.05) is 13.3 Å². The van der Waals surface area contributed by atoms with E-state index in [1.807, 2.05) is 0 Å². The fourth-order valence-corrected chi connectivity index (χ4v) is 0. The summed E-state index contributed by atoms with van der Waals surface area (Å²) in [6.07, 6.45) is -2.48. The lowest BCUT2D eigenvalue weighted by molar-refractivity contribution is -0.903. The zero-order chi connectivity index (χ0) is 8.78. The molecule has 0 aromatic heterocycles. The molecule has 0 bridgehead atoms. The van der Waals surface area contributed by atoms with E-state index in [-0.39, 0.29) is 24.6 Å². The molecular formula is C4H22N4O6. The largest absolute Gasteiger partial charge is 0.876 e. The zero-order valence-corrected chi connectivity index (χ0v) is 9.20. The Morgan fingerprint density at radius 3 is 1.21 bits per heavy atom. The Bertz CT molecular complexity index is 100. The molecule has 0 aliphatic rings. The third-order valence-corrected chi connectivity index (χ3v) is 0.433. The second-order valence-corrected chi connectivity index (χ2v) is 1.30. The van der Waals surface area contributed by atoms with Crippen LogP contribution in [0.5, 0.6) is 0 Å². The fraction of sp³-hybridized carbons (Fsp3) is 0.750. The number of carboxylic acid groups (broad SMARTS) is 2. The Balaban J connectivity index is -0.0000000185. The minimum atomic E-state index is -3.21. The quantitative estimate of drug-likeness (QED) is 0.299. The minimum Gasteiger partial charge on any atom is -0.876 e. The molecule has 0 amide bonds. The summed E-state index contributed by atoms with van der Waals surface area (Å²) < 4.78 is 0. The first-order valence-electron chi connectivity index (χ1n) is 2.30. The summed E-state index contributed by atoms with van der Waals surface area (Å²) in [7, 11) is 0. The first-order chi connectivity index (χ1) is 4.29. The van der Waals surface area contributed by atoms with Gasteiger partial charge in [-0.2, -0.15) is 0 Å². The molecule has 0 saturated heterocycles. The molecule has 0 aliphatic heterocycles. The first kappa shape index (κ1) is 38.2. The minimum absolute atomic E-state index is 0. The van der Waals surface area contributed by atoms with Gasteiger partial charge in [-0.15, -0.1) is 0 Å². The molecule has 0 unspecified atom stereocenters. The van der Waals surface area contributed by atoms with Gasteiger partial charge in [0.25, 0.3) is 0 Å². The lowest BCUT2D eigenvalue weighted by Crippen LogP contribution is -2.66. The normalized spacial score (nSPS) is 6.86. The summed E-state index contributed by atoms with van der Waals surface area (Å²) in [5.41, 5.74) is 0. The summed E-state index contributed by atoms with van der Waals surface area (Å²) in [5, 5.41) is 43.4. The molecule has 0 spiro atoms. The maximum absolute atomic E-state index is 9.36. The third kappa shape index (κ3) is 277. The van der Waals surface area contributed by atoms with E-state index in [0.717, 1.165) is 0 Å². The number of hydrogen-bond donors (Lipinski definition) is 5. The lowest BCUT2D eigenvalue weighted by atomic mass is 10.4. The molecule has 10 nitrogen and oxygen atoms in total. The fourth-order valence-electron chi connectivity index (χ4n) is 0. The van der Waals surface area contributed by atoms with Crippen molar-refractivity contribution in [3.05, 3.63) is 0 Å². The number of rotatable bonds is 1. The van der Waals surface area contributed by atoms with Crippen molar-refractivity contribution in [1.82, 2.24) is 24.6 Å². The van der Waals surface area contributed by atoms with E-state index in [2.05, 4.69) is 0 Å². The summed E-state index contributed by atoms with van der Waals surface area (Å²) in [6.45, 7) is 1.27. The van der Waals surface area contributed by atoms with E-state index in [1.165, 1.54) is 6.92 Å². The molecule has 14 heavy (non-hydrogen) atoms. The maximum atomic E-state index is 9.36. The highest BCUT2D eigenvalue weighted by Crippen LogP contribution is 1.78. The molecule has 0 fully saturated rings. The second-order valence-electron chi connectivity index (χ2n) is 1.30. The van der Waals surface area contributed by atoms with E-state index < -0.39 is 18.5 Å². The molecular weight excluding hydrogens is 200 g/mol. The Hall–Kier alpha value is -1.01. The number of carbonyl (C=O) groups is 1. The van der Waals surface area contributed by atoms with Crippen LogP contribution in [0, 0.1) is 0 Å². The highest BCUT2D eigenvalue weighted by atomic mass is 16.7. The van der Waals surface area contributed by atoms with Crippen LogP contribution in [0.25, 0.3) is 0 Å². The highest BCUT2D eigenvalue weighted by Gasteiger charge is 1.68. The van der Waals surface area contributed by atoms with Crippen LogP contribution < -0.4 is 45.0 Å². The molecule has 94 valence electrons. The van der Waals surface area contributed by atoms with Crippen LogP contribution in [0.1, 0.15) is 13.3 Å².